The summed E-state index contributed by atoms with van der Waals surface area (Å²) < 4.78 is 42.7. The molecule has 5 N–H and O–H groups in total. The molecule has 1 fully saturated rings. The highest BCUT2D eigenvalue weighted by atomic mass is 19.4. The number of hydrogen-bond donors (Lipinski definition) is 4. The van der Waals surface area contributed by atoms with E-state index >= 15 is 0 Å². The van der Waals surface area contributed by atoms with Gasteiger partial charge in [0.05, 0.1) is 22.5 Å². The van der Waals surface area contributed by atoms with Crippen LogP contribution in [-0.2, 0) is 17.4 Å². The minimum Gasteiger partial charge on any atom is -0.382 e. The van der Waals surface area contributed by atoms with E-state index in [2.05, 4.69) is 15.3 Å². The summed E-state index contributed by atoms with van der Waals surface area (Å²) in [6, 6.07) is 4.40. The fourth-order valence-electron chi connectivity index (χ4n) is 5.19. The lowest BCUT2D eigenvalue weighted by molar-refractivity contribution is -0.141. The van der Waals surface area contributed by atoms with E-state index in [4.69, 9.17) is 10.9 Å². The van der Waals surface area contributed by atoms with Gasteiger partial charge in [-0.1, -0.05) is 13.8 Å². The maximum Gasteiger partial charge on any atom is 0.435 e. The molecule has 0 spiro atoms. The van der Waals surface area contributed by atoms with Gasteiger partial charge in [-0.2, -0.15) is 18.3 Å². The van der Waals surface area contributed by atoms with Crippen molar-refractivity contribution < 1.29 is 32.8 Å². The number of anilines is 1. The Kier molecular flexibility index (Phi) is 7.53. The number of carbonyl (C=O) groups excluding carboxylic acids is 3. The second kappa shape index (κ2) is 10.4. The first-order valence-corrected chi connectivity index (χ1v) is 12.4. The Morgan fingerprint density at radius 2 is 1.89 bits per heavy atom. The molecule has 1 aliphatic carbocycles. The molecule has 0 saturated carbocycles. The fourth-order valence-corrected chi connectivity index (χ4v) is 5.19. The van der Waals surface area contributed by atoms with Crippen molar-refractivity contribution >= 4 is 23.3 Å². The number of hydroxylamine groups is 1. The van der Waals surface area contributed by atoms with E-state index in [0.717, 1.165) is 4.68 Å². The van der Waals surface area contributed by atoms with Gasteiger partial charge in [0, 0.05) is 44.2 Å². The van der Waals surface area contributed by atoms with Gasteiger partial charge in [0.1, 0.15) is 0 Å². The minimum atomic E-state index is -4.80. The molecule has 2 heterocycles. The largest absolute Gasteiger partial charge is 0.435 e. The Bertz CT molecular complexity index is 1250. The number of halogens is 3. The van der Waals surface area contributed by atoms with Crippen molar-refractivity contribution in [3.63, 3.8) is 0 Å². The van der Waals surface area contributed by atoms with Crippen LogP contribution in [0.3, 0.4) is 0 Å². The zero-order valence-corrected chi connectivity index (χ0v) is 21.2. The molecule has 0 atom stereocenters. The lowest BCUT2D eigenvalue weighted by Crippen LogP contribution is -2.40. The summed E-state index contributed by atoms with van der Waals surface area (Å²) in [5, 5.41) is 15.8. The van der Waals surface area contributed by atoms with Crippen molar-refractivity contribution in [2.45, 2.75) is 58.2 Å². The van der Waals surface area contributed by atoms with Gasteiger partial charge in [0.25, 0.3) is 5.91 Å². The SMILES string of the molecule is CC1(C)CC(=O)c2c(C(F)(F)F)nn(-c3ccc(C(N)=O)c(NC4CCN(CCC(=O)NO)CC4)c3)c2C1. The molecule has 10 nitrogen and oxygen atoms in total. The van der Waals surface area contributed by atoms with Crippen LogP contribution in [0.15, 0.2) is 18.2 Å². The number of hydrogen-bond acceptors (Lipinski definition) is 7. The van der Waals surface area contributed by atoms with Gasteiger partial charge < -0.3 is 16.0 Å². The third-order valence-corrected chi connectivity index (χ3v) is 7.05. The van der Waals surface area contributed by atoms with Gasteiger partial charge in [0.2, 0.25) is 5.91 Å². The van der Waals surface area contributed by atoms with Gasteiger partial charge in [-0.05, 0) is 42.9 Å². The molecule has 206 valence electrons. The van der Waals surface area contributed by atoms with Crippen LogP contribution in [0.2, 0.25) is 0 Å². The number of nitrogens with zero attached hydrogens (tertiary/aromatic N) is 3. The van der Waals surface area contributed by atoms with Gasteiger partial charge >= 0.3 is 6.18 Å². The number of likely N-dealkylation sites (tertiary alicyclic amines) is 1. The molecule has 0 radical (unpaired) electrons. The quantitative estimate of drug-likeness (QED) is 0.315. The van der Waals surface area contributed by atoms with Crippen molar-refractivity contribution in [3.8, 4) is 5.69 Å². The van der Waals surface area contributed by atoms with E-state index in [1.807, 2.05) is 13.8 Å². The number of piperidine rings is 1. The Morgan fingerprint density at radius 1 is 1.21 bits per heavy atom. The third-order valence-electron chi connectivity index (χ3n) is 7.05. The standard InChI is InChI=1S/C25H31F3N6O4/c1-24(2)12-18-21(19(35)13-24)22(25(26,27)28)31-34(18)15-3-4-16(23(29)37)17(11-15)30-14-5-8-33(9-6-14)10-7-20(36)32-38/h3-4,11,14,30,38H,5-10,12-13H2,1-2H3,(H2,29,37)(H,32,36). The summed E-state index contributed by atoms with van der Waals surface area (Å²) in [6.45, 7) is 5.47. The first-order chi connectivity index (χ1) is 17.8. The monoisotopic (exact) mass is 536 g/mol. The number of Topliss-reactive ketones (excluding diaryl/α,β-unsaturated/α-hetero) is 1. The molecule has 1 aromatic heterocycles. The first kappa shape index (κ1) is 27.6. The van der Waals surface area contributed by atoms with Crippen molar-refractivity contribution in [1.29, 1.82) is 0 Å². The molecule has 1 aromatic carbocycles. The van der Waals surface area contributed by atoms with Crippen LogP contribution >= 0.6 is 0 Å². The van der Waals surface area contributed by atoms with E-state index < -0.39 is 40.4 Å². The van der Waals surface area contributed by atoms with E-state index in [1.165, 1.54) is 18.2 Å². The van der Waals surface area contributed by atoms with Gasteiger partial charge in [-0.25, -0.2) is 10.2 Å². The highest BCUT2D eigenvalue weighted by molar-refractivity contribution is 6.00. The van der Waals surface area contributed by atoms with Crippen LogP contribution in [0.1, 0.15) is 71.6 Å². The molecule has 13 heteroatoms. The smallest absolute Gasteiger partial charge is 0.382 e. The average molecular weight is 537 g/mol. The number of amides is 2. The zero-order chi connectivity index (χ0) is 27.8. The fraction of sp³-hybridized carbons (Fsp3) is 0.520. The molecular formula is C25H31F3N6O4. The summed E-state index contributed by atoms with van der Waals surface area (Å²) in [7, 11) is 0. The number of primary amides is 1. The maximum absolute atomic E-state index is 13.8. The minimum absolute atomic E-state index is 0.00837. The normalized spacial score (nSPS) is 18.2. The Morgan fingerprint density at radius 3 is 2.50 bits per heavy atom. The topological polar surface area (TPSA) is 143 Å². The van der Waals surface area contributed by atoms with Crippen molar-refractivity contribution in [2.75, 3.05) is 25.0 Å². The van der Waals surface area contributed by atoms with Gasteiger partial charge in [-0.15, -0.1) is 0 Å². The molecule has 1 aliphatic heterocycles. The second-order valence-corrected chi connectivity index (χ2v) is 10.7. The summed E-state index contributed by atoms with van der Waals surface area (Å²) in [4.78, 5) is 38.2. The van der Waals surface area contributed by atoms with E-state index in [1.54, 1.807) is 5.48 Å². The van der Waals surface area contributed by atoms with Crippen molar-refractivity contribution in [1.82, 2.24) is 20.2 Å². The molecular weight excluding hydrogens is 505 g/mol. The first-order valence-electron chi connectivity index (χ1n) is 12.4. The Balaban J connectivity index is 1.63. The molecule has 2 amide bonds. The van der Waals surface area contributed by atoms with Crippen LogP contribution in [0.25, 0.3) is 5.69 Å². The second-order valence-electron chi connectivity index (χ2n) is 10.7. The number of benzene rings is 1. The zero-order valence-electron chi connectivity index (χ0n) is 21.2. The average Bonchev–Trinajstić information content (AvgIpc) is 3.22. The van der Waals surface area contributed by atoms with E-state index in [0.29, 0.717) is 38.2 Å². The van der Waals surface area contributed by atoms with Gasteiger partial charge in [-0.3, -0.25) is 19.6 Å². The number of nitrogens with two attached hydrogens (primary N) is 1. The molecule has 38 heavy (non-hydrogen) atoms. The van der Waals surface area contributed by atoms with Crippen molar-refractivity contribution in [3.05, 3.63) is 40.7 Å². The summed E-state index contributed by atoms with van der Waals surface area (Å²) in [5.74, 6) is -1.75. The number of ketones is 1. The molecule has 0 bridgehead atoms. The molecule has 1 saturated heterocycles. The number of nitrogens with one attached hydrogen (secondary N) is 2. The van der Waals surface area contributed by atoms with Crippen LogP contribution in [0, 0.1) is 5.41 Å². The van der Waals surface area contributed by atoms with E-state index in [9.17, 15) is 27.6 Å². The lowest BCUT2D eigenvalue weighted by Gasteiger charge is -2.33. The molecule has 0 unspecified atom stereocenters. The summed E-state index contributed by atoms with van der Waals surface area (Å²) in [6.07, 6.45) is -3.05. The summed E-state index contributed by atoms with van der Waals surface area (Å²) in [5.41, 5.74) is 6.07. The lowest BCUT2D eigenvalue weighted by atomic mass is 9.75. The predicted octanol–water partition coefficient (Wildman–Crippen LogP) is 2.92. The number of aromatic nitrogens is 2. The van der Waals surface area contributed by atoms with Gasteiger partial charge in [0.15, 0.2) is 11.5 Å². The number of carbonyl (C=O) groups is 3. The molecule has 2 aromatic rings. The van der Waals surface area contributed by atoms with Crippen molar-refractivity contribution in [2.24, 2.45) is 11.1 Å². The number of alkyl halides is 3. The summed E-state index contributed by atoms with van der Waals surface area (Å²) >= 11 is 0. The number of fused-ring (bicyclic) bond motifs is 1. The third kappa shape index (κ3) is 5.83. The predicted molar refractivity (Wildman–Crippen MR) is 131 cm³/mol. The van der Waals surface area contributed by atoms with Crippen LogP contribution < -0.4 is 16.5 Å². The molecule has 2 aliphatic rings. The highest BCUT2D eigenvalue weighted by Crippen LogP contribution is 2.42. The maximum atomic E-state index is 13.8. The van der Waals surface area contributed by atoms with Crippen LogP contribution in [0.4, 0.5) is 18.9 Å². The Labute approximate surface area is 217 Å². The van der Waals surface area contributed by atoms with E-state index in [-0.39, 0.29) is 42.2 Å². The van der Waals surface area contributed by atoms with Crippen LogP contribution in [0.5, 0.6) is 0 Å². The highest BCUT2D eigenvalue weighted by Gasteiger charge is 2.45. The number of rotatable bonds is 7. The Hall–Kier alpha value is -3.45. The van der Waals surface area contributed by atoms with Crippen LogP contribution in [-0.4, -0.2) is 63.2 Å². The molecule has 4 rings (SSSR count).